The van der Waals surface area contributed by atoms with E-state index in [2.05, 4.69) is 5.32 Å². The van der Waals surface area contributed by atoms with Crippen LogP contribution < -0.4 is 10.9 Å². The Balaban J connectivity index is 2.21. The van der Waals surface area contributed by atoms with Crippen LogP contribution in [0.3, 0.4) is 0 Å². The number of nitrogens with one attached hydrogen (secondary N) is 1. The van der Waals surface area contributed by atoms with Crippen molar-refractivity contribution in [3.8, 4) is 5.75 Å². The van der Waals surface area contributed by atoms with Gasteiger partial charge in [0.25, 0.3) is 0 Å². The van der Waals surface area contributed by atoms with Gasteiger partial charge in [-0.2, -0.15) is 0 Å². The average molecular weight is 305 g/mol. The van der Waals surface area contributed by atoms with E-state index in [1.807, 2.05) is 0 Å². The highest BCUT2D eigenvalue weighted by atomic mass is 16.4. The third-order valence-electron chi connectivity index (χ3n) is 3.31. The topological polar surface area (TPSA) is 117 Å². The number of carboxylic acids is 1. The van der Waals surface area contributed by atoms with Gasteiger partial charge in [0.1, 0.15) is 17.9 Å². The maximum Gasteiger partial charge on any atom is 0.339 e. The number of phenolic OH excluding ortho intramolecular Hbond substituents is 1. The summed E-state index contributed by atoms with van der Waals surface area (Å²) in [6.45, 7) is 1.28. The normalized spacial score (nSPS) is 10.6. The molecule has 2 aromatic rings. The summed E-state index contributed by atoms with van der Waals surface area (Å²) in [5.74, 6) is -1.59. The van der Waals surface area contributed by atoms with Crippen molar-refractivity contribution >= 4 is 22.8 Å². The molecule has 7 heteroatoms. The first-order valence-corrected chi connectivity index (χ1v) is 6.62. The lowest BCUT2D eigenvalue weighted by Gasteiger charge is -2.08. The first-order valence-electron chi connectivity index (χ1n) is 6.62. The molecule has 1 aromatic carbocycles. The zero-order valence-electron chi connectivity index (χ0n) is 11.9. The van der Waals surface area contributed by atoms with Crippen LogP contribution in [0.1, 0.15) is 17.5 Å². The van der Waals surface area contributed by atoms with Gasteiger partial charge in [-0.25, -0.2) is 4.79 Å². The smallest absolute Gasteiger partial charge is 0.339 e. The third kappa shape index (κ3) is 3.43. The fourth-order valence-electron chi connectivity index (χ4n) is 2.17. The van der Waals surface area contributed by atoms with Crippen LogP contribution in [0.2, 0.25) is 0 Å². The largest absolute Gasteiger partial charge is 0.508 e. The van der Waals surface area contributed by atoms with Gasteiger partial charge in [-0.15, -0.1) is 0 Å². The van der Waals surface area contributed by atoms with Crippen LogP contribution in [0.15, 0.2) is 27.4 Å². The van der Waals surface area contributed by atoms with Crippen molar-refractivity contribution in [3.63, 3.8) is 0 Å². The molecule has 0 aliphatic heterocycles. The zero-order chi connectivity index (χ0) is 16.3. The number of aliphatic carboxylic acids is 1. The maximum atomic E-state index is 12.0. The molecule has 0 atom stereocenters. The number of fused-ring (bicyclic) bond motifs is 1. The number of aryl methyl sites for hydroxylation is 1. The summed E-state index contributed by atoms with van der Waals surface area (Å²) >= 11 is 0. The number of hydrogen-bond acceptors (Lipinski definition) is 5. The van der Waals surface area contributed by atoms with Gasteiger partial charge >= 0.3 is 11.6 Å². The third-order valence-corrected chi connectivity index (χ3v) is 3.31. The molecular weight excluding hydrogens is 290 g/mol. The second-order valence-corrected chi connectivity index (χ2v) is 4.84. The Morgan fingerprint density at radius 3 is 2.73 bits per heavy atom. The van der Waals surface area contributed by atoms with E-state index in [-0.39, 0.29) is 24.2 Å². The Hall–Kier alpha value is -2.83. The quantitative estimate of drug-likeness (QED) is 0.708. The van der Waals surface area contributed by atoms with E-state index in [1.54, 1.807) is 13.0 Å². The van der Waals surface area contributed by atoms with Crippen LogP contribution in [0, 0.1) is 6.92 Å². The zero-order valence-corrected chi connectivity index (χ0v) is 11.9. The summed E-state index contributed by atoms with van der Waals surface area (Å²) in [5.41, 5.74) is 0.754. The summed E-state index contributed by atoms with van der Waals surface area (Å²) in [6.07, 6.45) is 0.138. The summed E-state index contributed by atoms with van der Waals surface area (Å²) in [7, 11) is 0. The molecular formula is C15H15NO6. The second kappa shape index (κ2) is 6.30. The molecule has 0 fully saturated rings. The molecule has 7 nitrogen and oxygen atoms in total. The van der Waals surface area contributed by atoms with E-state index in [1.165, 1.54) is 12.1 Å². The standard InChI is InChI=1S/C15H15NO6/c1-8-10-3-2-9(17)6-12(10)22-15(21)11(8)4-5-13(18)16-7-14(19)20/h2-3,6,17H,4-5,7H2,1H3,(H,16,18)(H,19,20). The Morgan fingerprint density at radius 1 is 1.32 bits per heavy atom. The molecule has 1 aromatic heterocycles. The number of carbonyl (C=O) groups excluding carboxylic acids is 1. The minimum Gasteiger partial charge on any atom is -0.508 e. The Kier molecular flexibility index (Phi) is 4.45. The first kappa shape index (κ1) is 15.6. The van der Waals surface area contributed by atoms with E-state index < -0.39 is 24.0 Å². The minimum absolute atomic E-state index is 0.00384. The fourth-order valence-corrected chi connectivity index (χ4v) is 2.17. The number of phenols is 1. The summed E-state index contributed by atoms with van der Waals surface area (Å²) < 4.78 is 5.14. The van der Waals surface area contributed by atoms with Crippen molar-refractivity contribution < 1.29 is 24.2 Å². The van der Waals surface area contributed by atoms with E-state index in [9.17, 15) is 19.5 Å². The average Bonchev–Trinajstić information content (AvgIpc) is 2.44. The van der Waals surface area contributed by atoms with Crippen LogP contribution in [-0.2, 0) is 16.0 Å². The SMILES string of the molecule is Cc1c(CCC(=O)NCC(=O)O)c(=O)oc2cc(O)ccc12. The van der Waals surface area contributed by atoms with Gasteiger partial charge in [0, 0.05) is 23.4 Å². The van der Waals surface area contributed by atoms with Crippen molar-refractivity contribution in [1.82, 2.24) is 5.32 Å². The number of rotatable bonds is 5. The van der Waals surface area contributed by atoms with Crippen molar-refractivity contribution in [2.75, 3.05) is 6.54 Å². The lowest BCUT2D eigenvalue weighted by molar-refractivity contribution is -0.137. The van der Waals surface area contributed by atoms with Crippen molar-refractivity contribution in [2.45, 2.75) is 19.8 Å². The molecule has 0 saturated carbocycles. The highest BCUT2D eigenvalue weighted by Gasteiger charge is 2.13. The highest BCUT2D eigenvalue weighted by molar-refractivity contribution is 5.83. The Bertz CT molecular complexity index is 792. The fraction of sp³-hybridized carbons (Fsp3) is 0.267. The van der Waals surface area contributed by atoms with Crippen LogP contribution in [0.25, 0.3) is 11.0 Å². The Morgan fingerprint density at radius 2 is 2.05 bits per heavy atom. The summed E-state index contributed by atoms with van der Waals surface area (Å²) in [5, 5.41) is 20.8. The first-order chi connectivity index (χ1) is 10.4. The van der Waals surface area contributed by atoms with Gasteiger partial charge in [0.05, 0.1) is 0 Å². The molecule has 1 amide bonds. The molecule has 0 aliphatic rings. The van der Waals surface area contributed by atoms with Crippen LogP contribution in [0.5, 0.6) is 5.75 Å². The number of amides is 1. The molecule has 0 bridgehead atoms. The van der Waals surface area contributed by atoms with E-state index in [0.29, 0.717) is 16.5 Å². The van der Waals surface area contributed by atoms with Crippen LogP contribution in [0.4, 0.5) is 0 Å². The van der Waals surface area contributed by atoms with Crippen molar-refractivity contribution in [3.05, 3.63) is 39.7 Å². The van der Waals surface area contributed by atoms with Gasteiger partial charge < -0.3 is 19.9 Å². The van der Waals surface area contributed by atoms with Gasteiger partial charge in [0.2, 0.25) is 5.91 Å². The van der Waals surface area contributed by atoms with E-state index in [0.717, 1.165) is 0 Å². The van der Waals surface area contributed by atoms with Crippen LogP contribution in [-0.4, -0.2) is 28.6 Å². The molecule has 3 N–H and O–H groups in total. The van der Waals surface area contributed by atoms with Gasteiger partial charge in [-0.3, -0.25) is 9.59 Å². The molecule has 0 saturated heterocycles. The van der Waals surface area contributed by atoms with Gasteiger partial charge in [-0.05, 0) is 31.0 Å². The predicted octanol–water partition coefficient (Wildman–Crippen LogP) is 0.940. The highest BCUT2D eigenvalue weighted by Crippen LogP contribution is 2.23. The van der Waals surface area contributed by atoms with Gasteiger partial charge in [0.15, 0.2) is 0 Å². The number of aromatic hydroxyl groups is 1. The number of hydrogen-bond donors (Lipinski definition) is 3. The molecule has 22 heavy (non-hydrogen) atoms. The van der Waals surface area contributed by atoms with E-state index in [4.69, 9.17) is 9.52 Å². The number of carbonyl (C=O) groups is 2. The number of carboxylic acid groups (broad SMARTS) is 1. The second-order valence-electron chi connectivity index (χ2n) is 4.84. The molecule has 0 unspecified atom stereocenters. The van der Waals surface area contributed by atoms with Crippen molar-refractivity contribution in [2.24, 2.45) is 0 Å². The molecule has 2 rings (SSSR count). The lowest BCUT2D eigenvalue weighted by atomic mass is 10.0. The Labute approximate surface area is 125 Å². The van der Waals surface area contributed by atoms with Crippen molar-refractivity contribution in [1.29, 1.82) is 0 Å². The summed E-state index contributed by atoms with van der Waals surface area (Å²) in [4.78, 5) is 33.8. The number of benzene rings is 1. The molecule has 0 spiro atoms. The minimum atomic E-state index is -1.13. The molecule has 0 radical (unpaired) electrons. The monoisotopic (exact) mass is 305 g/mol. The molecule has 1 heterocycles. The van der Waals surface area contributed by atoms with Gasteiger partial charge in [-0.1, -0.05) is 0 Å². The maximum absolute atomic E-state index is 12.0. The molecule has 0 aliphatic carbocycles. The van der Waals surface area contributed by atoms with E-state index >= 15 is 0 Å². The summed E-state index contributed by atoms with van der Waals surface area (Å²) in [6, 6.07) is 4.47. The predicted molar refractivity (Wildman–Crippen MR) is 77.9 cm³/mol. The van der Waals surface area contributed by atoms with Crippen LogP contribution >= 0.6 is 0 Å². The molecule has 116 valence electrons. The lowest BCUT2D eigenvalue weighted by Crippen LogP contribution is -2.29.